The number of aliphatic hydroxyl groups excluding tert-OH is 1. The molecule has 0 radical (unpaired) electrons. The number of aliphatic hydroxyl groups is 1. The summed E-state index contributed by atoms with van der Waals surface area (Å²) < 4.78 is 0. The lowest BCUT2D eigenvalue weighted by atomic mass is 10.1. The third-order valence-corrected chi connectivity index (χ3v) is 3.67. The third kappa shape index (κ3) is 6.31. The maximum absolute atomic E-state index is 12.5. The Morgan fingerprint density at radius 1 is 1.29 bits per heavy atom. The molecular formula is C14H28N4O3. The fourth-order valence-corrected chi connectivity index (χ4v) is 2.58. The average Bonchev–Trinajstić information content (AvgIpc) is 2.42. The molecule has 0 aliphatic carbocycles. The predicted octanol–water partition coefficient (Wildman–Crippen LogP) is -0.261. The van der Waals surface area contributed by atoms with Gasteiger partial charge in [-0.05, 0) is 13.3 Å². The lowest BCUT2D eigenvalue weighted by molar-refractivity contribution is -0.135. The summed E-state index contributed by atoms with van der Waals surface area (Å²) in [5.41, 5.74) is 5.15. The second kappa shape index (κ2) is 8.84. The molecule has 1 rings (SSSR count). The van der Waals surface area contributed by atoms with Crippen LogP contribution in [0.2, 0.25) is 0 Å². The molecule has 7 nitrogen and oxygen atoms in total. The van der Waals surface area contributed by atoms with Crippen molar-refractivity contribution in [2.24, 2.45) is 5.73 Å². The number of unbranched alkanes of at least 4 members (excludes halogenated alkanes) is 1. The van der Waals surface area contributed by atoms with Crippen molar-refractivity contribution in [1.82, 2.24) is 15.1 Å². The Morgan fingerprint density at radius 2 is 1.90 bits per heavy atom. The van der Waals surface area contributed by atoms with E-state index < -0.39 is 12.1 Å². The van der Waals surface area contributed by atoms with Gasteiger partial charge in [-0.3, -0.25) is 9.69 Å². The topological polar surface area (TPSA) is 98.9 Å². The largest absolute Gasteiger partial charge is 0.392 e. The van der Waals surface area contributed by atoms with E-state index in [-0.39, 0.29) is 12.0 Å². The Kier molecular flexibility index (Phi) is 7.45. The summed E-state index contributed by atoms with van der Waals surface area (Å²) >= 11 is 0. The average molecular weight is 300 g/mol. The summed E-state index contributed by atoms with van der Waals surface area (Å²) in [5, 5.41) is 11.9. The Hall–Kier alpha value is -1.34. The molecule has 1 aliphatic heterocycles. The Balaban J connectivity index is 2.50. The highest BCUT2D eigenvalue weighted by Crippen LogP contribution is 2.09. The third-order valence-electron chi connectivity index (χ3n) is 3.67. The molecule has 0 aromatic carbocycles. The lowest BCUT2D eigenvalue weighted by Gasteiger charge is -2.36. The first-order valence-electron chi connectivity index (χ1n) is 7.69. The van der Waals surface area contributed by atoms with Crippen molar-refractivity contribution in [2.75, 3.05) is 32.7 Å². The zero-order valence-electron chi connectivity index (χ0n) is 13.0. The van der Waals surface area contributed by atoms with Crippen molar-refractivity contribution in [3.8, 4) is 0 Å². The van der Waals surface area contributed by atoms with Gasteiger partial charge >= 0.3 is 6.03 Å². The fraction of sp³-hybridized carbons (Fsp3) is 0.857. The molecule has 2 atom stereocenters. The van der Waals surface area contributed by atoms with E-state index in [1.165, 1.54) is 0 Å². The molecule has 4 N–H and O–H groups in total. The molecule has 0 bridgehead atoms. The van der Waals surface area contributed by atoms with E-state index in [4.69, 9.17) is 5.73 Å². The molecule has 0 aromatic heterocycles. The smallest absolute Gasteiger partial charge is 0.312 e. The first-order chi connectivity index (χ1) is 9.93. The van der Waals surface area contributed by atoms with Gasteiger partial charge in [-0.2, -0.15) is 0 Å². The van der Waals surface area contributed by atoms with Crippen molar-refractivity contribution >= 4 is 11.9 Å². The Bertz CT molecular complexity index is 341. The van der Waals surface area contributed by atoms with Crippen LogP contribution in [0.25, 0.3) is 0 Å². The van der Waals surface area contributed by atoms with Gasteiger partial charge in [-0.25, -0.2) is 4.79 Å². The highest BCUT2D eigenvalue weighted by Gasteiger charge is 2.28. The molecule has 3 amide bonds. The number of piperazine rings is 1. The van der Waals surface area contributed by atoms with Crippen LogP contribution in [0.15, 0.2) is 0 Å². The van der Waals surface area contributed by atoms with Gasteiger partial charge < -0.3 is 21.1 Å². The molecule has 1 aliphatic rings. The molecule has 0 spiro atoms. The predicted molar refractivity (Wildman–Crippen MR) is 80.7 cm³/mol. The minimum absolute atomic E-state index is 0.0565. The number of carbonyl (C=O) groups excluding carboxylic acids is 2. The van der Waals surface area contributed by atoms with E-state index >= 15 is 0 Å². The number of amides is 3. The molecule has 7 heteroatoms. The summed E-state index contributed by atoms with van der Waals surface area (Å²) in [6.45, 7) is 7.15. The second-order valence-electron chi connectivity index (χ2n) is 5.68. The van der Waals surface area contributed by atoms with Crippen LogP contribution in [0.4, 0.5) is 4.79 Å². The minimum Gasteiger partial charge on any atom is -0.392 e. The van der Waals surface area contributed by atoms with Crippen molar-refractivity contribution in [1.29, 1.82) is 0 Å². The fourth-order valence-electron chi connectivity index (χ4n) is 2.58. The van der Waals surface area contributed by atoms with Gasteiger partial charge in [-0.1, -0.05) is 19.8 Å². The molecule has 21 heavy (non-hydrogen) atoms. The number of hydrogen-bond donors (Lipinski definition) is 3. The summed E-state index contributed by atoms with van der Waals surface area (Å²) in [7, 11) is 0. The van der Waals surface area contributed by atoms with E-state index in [0.29, 0.717) is 26.1 Å². The highest BCUT2D eigenvalue weighted by molar-refractivity contribution is 5.86. The quantitative estimate of drug-likeness (QED) is 0.603. The van der Waals surface area contributed by atoms with E-state index in [2.05, 4.69) is 10.2 Å². The number of rotatable bonds is 7. The van der Waals surface area contributed by atoms with Gasteiger partial charge in [0.05, 0.1) is 6.10 Å². The van der Waals surface area contributed by atoms with Crippen LogP contribution in [0.1, 0.15) is 33.1 Å². The molecule has 0 aromatic rings. The van der Waals surface area contributed by atoms with Crippen molar-refractivity contribution < 1.29 is 14.7 Å². The van der Waals surface area contributed by atoms with Crippen LogP contribution in [0.5, 0.6) is 0 Å². The van der Waals surface area contributed by atoms with E-state index in [0.717, 1.165) is 25.9 Å². The molecule has 1 heterocycles. The van der Waals surface area contributed by atoms with Crippen molar-refractivity contribution in [3.05, 3.63) is 0 Å². The van der Waals surface area contributed by atoms with Gasteiger partial charge in [-0.15, -0.1) is 0 Å². The molecule has 122 valence electrons. The number of nitrogens with two attached hydrogens (primary N) is 1. The van der Waals surface area contributed by atoms with E-state index in [9.17, 15) is 14.7 Å². The minimum atomic E-state index is -0.655. The summed E-state index contributed by atoms with van der Waals surface area (Å²) in [6.07, 6.45) is 2.10. The summed E-state index contributed by atoms with van der Waals surface area (Å²) in [6, 6.07) is -1.18. The summed E-state index contributed by atoms with van der Waals surface area (Å²) in [4.78, 5) is 27.4. The molecule has 1 fully saturated rings. The number of primary amides is 1. The van der Waals surface area contributed by atoms with Crippen LogP contribution < -0.4 is 11.1 Å². The second-order valence-corrected chi connectivity index (χ2v) is 5.68. The number of hydrogen-bond acceptors (Lipinski definition) is 4. The first kappa shape index (κ1) is 17.7. The summed E-state index contributed by atoms with van der Waals surface area (Å²) in [5.74, 6) is -0.0565. The molecule has 2 unspecified atom stereocenters. The molecule has 0 saturated carbocycles. The number of carbonyl (C=O) groups is 2. The van der Waals surface area contributed by atoms with Gasteiger partial charge in [0.25, 0.3) is 0 Å². The van der Waals surface area contributed by atoms with Crippen LogP contribution >= 0.6 is 0 Å². The normalized spacial score (nSPS) is 19.1. The van der Waals surface area contributed by atoms with Gasteiger partial charge in [0, 0.05) is 32.7 Å². The number of urea groups is 1. The highest BCUT2D eigenvalue weighted by atomic mass is 16.3. The van der Waals surface area contributed by atoms with Crippen LogP contribution in [-0.2, 0) is 4.79 Å². The van der Waals surface area contributed by atoms with Crippen molar-refractivity contribution in [2.45, 2.75) is 45.3 Å². The molecule has 1 saturated heterocycles. The van der Waals surface area contributed by atoms with Gasteiger partial charge in [0.15, 0.2) is 0 Å². The monoisotopic (exact) mass is 300 g/mol. The van der Waals surface area contributed by atoms with Crippen molar-refractivity contribution in [3.63, 3.8) is 0 Å². The Morgan fingerprint density at radius 3 is 2.38 bits per heavy atom. The number of β-amino-alcohol motifs (C(OH)–C–C–N with tert-alkyl or cyclic N) is 1. The van der Waals surface area contributed by atoms with Gasteiger partial charge in [0.1, 0.15) is 6.04 Å². The standard InChI is InChI=1S/C14H28N4O3/c1-3-4-5-12(16-14(15)21)13(20)18-8-6-17(7-9-18)10-11(2)19/h11-12,19H,3-10H2,1-2H3,(H3,15,16,21). The maximum Gasteiger partial charge on any atom is 0.312 e. The van der Waals surface area contributed by atoms with Crippen LogP contribution in [0, 0.1) is 0 Å². The zero-order chi connectivity index (χ0) is 15.8. The zero-order valence-corrected chi connectivity index (χ0v) is 13.0. The van der Waals surface area contributed by atoms with Gasteiger partial charge in [0.2, 0.25) is 5.91 Å². The molecular weight excluding hydrogens is 272 g/mol. The van der Waals surface area contributed by atoms with E-state index in [1.54, 1.807) is 11.8 Å². The lowest BCUT2D eigenvalue weighted by Crippen LogP contribution is -2.56. The van der Waals surface area contributed by atoms with Crippen LogP contribution in [0.3, 0.4) is 0 Å². The SMILES string of the molecule is CCCCC(NC(N)=O)C(=O)N1CCN(CC(C)O)CC1. The Labute approximate surface area is 126 Å². The maximum atomic E-state index is 12.5. The number of nitrogens with one attached hydrogen (secondary N) is 1. The van der Waals surface area contributed by atoms with Crippen LogP contribution in [-0.4, -0.2) is 71.7 Å². The number of nitrogens with zero attached hydrogens (tertiary/aromatic N) is 2. The first-order valence-corrected chi connectivity index (χ1v) is 7.69. The van der Waals surface area contributed by atoms with E-state index in [1.807, 2.05) is 6.92 Å².